The Morgan fingerprint density at radius 2 is 2.06 bits per heavy atom. The topological polar surface area (TPSA) is 51.0 Å². The van der Waals surface area contributed by atoms with E-state index in [-0.39, 0.29) is 0 Å². The van der Waals surface area contributed by atoms with Crippen LogP contribution in [0.15, 0.2) is 35.1 Å². The molecule has 1 N–H and O–H groups in total. The molecule has 18 heavy (non-hydrogen) atoms. The summed E-state index contributed by atoms with van der Waals surface area (Å²) in [4.78, 5) is 0. The molecule has 1 saturated carbocycles. The average molecular weight is 243 g/mol. The Labute approximate surface area is 106 Å². The summed E-state index contributed by atoms with van der Waals surface area (Å²) in [5.74, 6) is 0.572. The van der Waals surface area contributed by atoms with Gasteiger partial charge in [-0.1, -0.05) is 25.3 Å². The lowest BCUT2D eigenvalue weighted by Crippen LogP contribution is -2.22. The SMILES string of the molecule is c1cc(NC2CCCCC2)cc(-c2nnco2)c1. The summed E-state index contributed by atoms with van der Waals surface area (Å²) in [5.41, 5.74) is 2.10. The molecule has 0 unspecified atom stereocenters. The second-order valence-electron chi connectivity index (χ2n) is 4.80. The lowest BCUT2D eigenvalue weighted by atomic mass is 9.95. The van der Waals surface area contributed by atoms with Crippen LogP contribution in [0.1, 0.15) is 32.1 Å². The van der Waals surface area contributed by atoms with Gasteiger partial charge in [0.05, 0.1) is 0 Å². The van der Waals surface area contributed by atoms with Crippen LogP contribution in [0.2, 0.25) is 0 Å². The quantitative estimate of drug-likeness (QED) is 0.896. The van der Waals surface area contributed by atoms with Crippen molar-refractivity contribution in [2.24, 2.45) is 0 Å². The molecule has 1 aromatic heterocycles. The zero-order valence-corrected chi connectivity index (χ0v) is 10.3. The van der Waals surface area contributed by atoms with E-state index in [9.17, 15) is 0 Å². The van der Waals surface area contributed by atoms with E-state index in [1.165, 1.54) is 38.5 Å². The van der Waals surface area contributed by atoms with Crippen molar-refractivity contribution in [3.8, 4) is 11.5 Å². The summed E-state index contributed by atoms with van der Waals surface area (Å²) in [6, 6.07) is 8.78. The summed E-state index contributed by atoms with van der Waals surface area (Å²) in [7, 11) is 0. The predicted molar refractivity (Wildman–Crippen MR) is 70.2 cm³/mol. The molecule has 1 aromatic carbocycles. The van der Waals surface area contributed by atoms with Gasteiger partial charge >= 0.3 is 0 Å². The minimum absolute atomic E-state index is 0.572. The Balaban J connectivity index is 1.74. The summed E-state index contributed by atoms with van der Waals surface area (Å²) >= 11 is 0. The van der Waals surface area contributed by atoms with E-state index in [0.29, 0.717) is 11.9 Å². The highest BCUT2D eigenvalue weighted by Gasteiger charge is 2.13. The maximum absolute atomic E-state index is 5.21. The lowest BCUT2D eigenvalue weighted by Gasteiger charge is -2.23. The fraction of sp³-hybridized carbons (Fsp3) is 0.429. The van der Waals surface area contributed by atoms with Gasteiger partial charge in [-0.15, -0.1) is 10.2 Å². The van der Waals surface area contributed by atoms with Crippen LogP contribution in [0.5, 0.6) is 0 Å². The standard InChI is InChI=1S/C14H17N3O/c1-2-6-12(7-3-1)16-13-8-4-5-11(9-13)14-17-15-10-18-14/h4-5,8-10,12,16H,1-3,6-7H2. The Hall–Kier alpha value is -1.84. The first-order valence-corrected chi connectivity index (χ1v) is 6.55. The molecule has 0 atom stereocenters. The maximum Gasteiger partial charge on any atom is 0.247 e. The third-order valence-corrected chi connectivity index (χ3v) is 3.45. The minimum atomic E-state index is 0.572. The molecule has 0 spiro atoms. The van der Waals surface area contributed by atoms with Crippen molar-refractivity contribution in [2.75, 3.05) is 5.32 Å². The van der Waals surface area contributed by atoms with Gasteiger partial charge in [-0.3, -0.25) is 0 Å². The zero-order valence-electron chi connectivity index (χ0n) is 10.3. The van der Waals surface area contributed by atoms with E-state index in [2.05, 4.69) is 27.6 Å². The van der Waals surface area contributed by atoms with Crippen LogP contribution in [-0.2, 0) is 0 Å². The Morgan fingerprint density at radius 3 is 2.83 bits per heavy atom. The number of anilines is 1. The van der Waals surface area contributed by atoms with Crippen LogP contribution in [0.3, 0.4) is 0 Å². The van der Waals surface area contributed by atoms with Crippen molar-refractivity contribution >= 4 is 5.69 Å². The third-order valence-electron chi connectivity index (χ3n) is 3.45. The summed E-state index contributed by atoms with van der Waals surface area (Å²) in [6.07, 6.45) is 7.94. The number of aromatic nitrogens is 2. The average Bonchev–Trinajstić information content (AvgIpc) is 2.94. The van der Waals surface area contributed by atoms with Crippen molar-refractivity contribution in [1.82, 2.24) is 10.2 Å². The highest BCUT2D eigenvalue weighted by Crippen LogP contribution is 2.24. The normalized spacial score (nSPS) is 16.7. The molecule has 4 nitrogen and oxygen atoms in total. The van der Waals surface area contributed by atoms with Crippen LogP contribution in [0, 0.1) is 0 Å². The Bertz CT molecular complexity index is 490. The molecular formula is C14H17N3O. The number of nitrogens with zero attached hydrogens (tertiary/aromatic N) is 2. The van der Waals surface area contributed by atoms with Crippen molar-refractivity contribution < 1.29 is 4.42 Å². The van der Waals surface area contributed by atoms with E-state index >= 15 is 0 Å². The van der Waals surface area contributed by atoms with Crippen molar-refractivity contribution in [3.05, 3.63) is 30.7 Å². The molecule has 4 heteroatoms. The van der Waals surface area contributed by atoms with Crippen molar-refractivity contribution in [1.29, 1.82) is 0 Å². The van der Waals surface area contributed by atoms with Gasteiger partial charge in [-0.2, -0.15) is 0 Å². The van der Waals surface area contributed by atoms with E-state index in [1.807, 2.05) is 12.1 Å². The molecule has 2 aromatic rings. The van der Waals surface area contributed by atoms with Gasteiger partial charge in [-0.25, -0.2) is 0 Å². The second-order valence-corrected chi connectivity index (χ2v) is 4.80. The molecule has 1 heterocycles. The maximum atomic E-state index is 5.21. The molecule has 0 amide bonds. The first-order valence-electron chi connectivity index (χ1n) is 6.55. The molecule has 1 fully saturated rings. The fourth-order valence-corrected chi connectivity index (χ4v) is 2.52. The Kier molecular flexibility index (Phi) is 3.26. The molecular weight excluding hydrogens is 226 g/mol. The summed E-state index contributed by atoms with van der Waals surface area (Å²) in [6.45, 7) is 0. The first kappa shape index (κ1) is 11.3. The number of rotatable bonds is 3. The summed E-state index contributed by atoms with van der Waals surface area (Å²) in [5, 5.41) is 11.2. The monoisotopic (exact) mass is 243 g/mol. The van der Waals surface area contributed by atoms with Gasteiger partial charge in [0.15, 0.2) is 0 Å². The predicted octanol–water partition coefficient (Wildman–Crippen LogP) is 3.48. The van der Waals surface area contributed by atoms with E-state index < -0.39 is 0 Å². The van der Waals surface area contributed by atoms with Gasteiger partial charge in [0, 0.05) is 17.3 Å². The molecule has 0 bridgehead atoms. The number of benzene rings is 1. The zero-order chi connectivity index (χ0) is 12.2. The first-order chi connectivity index (χ1) is 8.92. The van der Waals surface area contributed by atoms with E-state index in [4.69, 9.17) is 4.42 Å². The second kappa shape index (κ2) is 5.21. The molecule has 0 aliphatic heterocycles. The number of nitrogens with one attached hydrogen (secondary N) is 1. The minimum Gasteiger partial charge on any atom is -0.423 e. The van der Waals surface area contributed by atoms with Crippen molar-refractivity contribution in [2.45, 2.75) is 38.1 Å². The molecule has 94 valence electrons. The molecule has 1 aliphatic carbocycles. The van der Waals surface area contributed by atoms with Crippen LogP contribution in [-0.4, -0.2) is 16.2 Å². The van der Waals surface area contributed by atoms with E-state index in [0.717, 1.165) is 11.3 Å². The van der Waals surface area contributed by atoms with Crippen LogP contribution in [0.4, 0.5) is 5.69 Å². The van der Waals surface area contributed by atoms with Crippen LogP contribution in [0.25, 0.3) is 11.5 Å². The van der Waals surface area contributed by atoms with Crippen molar-refractivity contribution in [3.63, 3.8) is 0 Å². The van der Waals surface area contributed by atoms with Gasteiger partial charge in [0.2, 0.25) is 12.3 Å². The largest absolute Gasteiger partial charge is 0.423 e. The highest BCUT2D eigenvalue weighted by atomic mass is 16.4. The van der Waals surface area contributed by atoms with Gasteiger partial charge in [0.1, 0.15) is 0 Å². The van der Waals surface area contributed by atoms with Crippen LogP contribution < -0.4 is 5.32 Å². The van der Waals surface area contributed by atoms with Gasteiger partial charge in [0.25, 0.3) is 0 Å². The molecule has 3 rings (SSSR count). The fourth-order valence-electron chi connectivity index (χ4n) is 2.52. The van der Waals surface area contributed by atoms with Crippen LogP contribution >= 0.6 is 0 Å². The van der Waals surface area contributed by atoms with E-state index in [1.54, 1.807) is 0 Å². The molecule has 0 saturated heterocycles. The van der Waals surface area contributed by atoms with Gasteiger partial charge in [-0.05, 0) is 31.0 Å². The highest BCUT2D eigenvalue weighted by molar-refractivity contribution is 5.61. The number of hydrogen-bond acceptors (Lipinski definition) is 4. The third kappa shape index (κ3) is 2.53. The summed E-state index contributed by atoms with van der Waals surface area (Å²) < 4.78 is 5.21. The Morgan fingerprint density at radius 1 is 1.17 bits per heavy atom. The molecule has 1 aliphatic rings. The smallest absolute Gasteiger partial charge is 0.247 e. The van der Waals surface area contributed by atoms with Gasteiger partial charge < -0.3 is 9.73 Å². The lowest BCUT2D eigenvalue weighted by molar-refractivity contribution is 0.463. The number of hydrogen-bond donors (Lipinski definition) is 1. The molecule has 0 radical (unpaired) electrons.